The fraction of sp³-hybridized carbons (Fsp3) is 0.429. The lowest BCUT2D eigenvalue weighted by molar-refractivity contribution is -0.152. The number of halogens is 1. The highest BCUT2D eigenvalue weighted by Gasteiger charge is 2.33. The first kappa shape index (κ1) is 12.7. The normalized spacial score (nSPS) is 23.7. The SMILES string of the molecule is O=C(OCc1ccccc1)[C@@H]1CCC(=O)[C@@H](F)C1. The third-order valence-corrected chi connectivity index (χ3v) is 3.14. The number of hydrogen-bond donors (Lipinski definition) is 0. The highest BCUT2D eigenvalue weighted by atomic mass is 19.1. The molecule has 2 atom stereocenters. The molecule has 2 rings (SSSR count). The number of alkyl halides is 1. The van der Waals surface area contributed by atoms with Crippen LogP contribution >= 0.6 is 0 Å². The fourth-order valence-corrected chi connectivity index (χ4v) is 2.03. The fourth-order valence-electron chi connectivity index (χ4n) is 2.03. The lowest BCUT2D eigenvalue weighted by atomic mass is 9.87. The van der Waals surface area contributed by atoms with Crippen molar-refractivity contribution in [2.45, 2.75) is 32.0 Å². The summed E-state index contributed by atoms with van der Waals surface area (Å²) in [6.45, 7) is 0.196. The molecular weight excluding hydrogens is 235 g/mol. The highest BCUT2D eigenvalue weighted by Crippen LogP contribution is 2.25. The van der Waals surface area contributed by atoms with Gasteiger partial charge >= 0.3 is 5.97 Å². The monoisotopic (exact) mass is 250 g/mol. The molecule has 1 fully saturated rings. The Morgan fingerprint density at radius 2 is 2.06 bits per heavy atom. The van der Waals surface area contributed by atoms with E-state index in [-0.39, 0.29) is 19.4 Å². The summed E-state index contributed by atoms with van der Waals surface area (Å²) in [4.78, 5) is 22.7. The van der Waals surface area contributed by atoms with Gasteiger partial charge in [0.2, 0.25) is 0 Å². The molecule has 3 nitrogen and oxygen atoms in total. The molecule has 1 aliphatic carbocycles. The van der Waals surface area contributed by atoms with Gasteiger partial charge in [-0.25, -0.2) is 4.39 Å². The molecule has 0 aromatic heterocycles. The van der Waals surface area contributed by atoms with E-state index in [9.17, 15) is 14.0 Å². The third-order valence-electron chi connectivity index (χ3n) is 3.14. The van der Waals surface area contributed by atoms with E-state index in [1.165, 1.54) is 0 Å². The van der Waals surface area contributed by atoms with Gasteiger partial charge in [-0.15, -0.1) is 0 Å². The lowest BCUT2D eigenvalue weighted by Gasteiger charge is -2.22. The minimum Gasteiger partial charge on any atom is -0.461 e. The molecule has 18 heavy (non-hydrogen) atoms. The summed E-state index contributed by atoms with van der Waals surface area (Å²) in [5.41, 5.74) is 0.898. The van der Waals surface area contributed by atoms with Crippen molar-refractivity contribution in [1.29, 1.82) is 0 Å². The molecule has 0 amide bonds. The van der Waals surface area contributed by atoms with Crippen molar-refractivity contribution in [2.24, 2.45) is 5.92 Å². The second kappa shape index (κ2) is 5.76. The Kier molecular flexibility index (Phi) is 4.07. The van der Waals surface area contributed by atoms with Gasteiger partial charge in [0, 0.05) is 6.42 Å². The van der Waals surface area contributed by atoms with Gasteiger partial charge in [0.15, 0.2) is 12.0 Å². The van der Waals surface area contributed by atoms with Gasteiger partial charge in [-0.3, -0.25) is 9.59 Å². The summed E-state index contributed by atoms with van der Waals surface area (Å²) in [5, 5.41) is 0. The Morgan fingerprint density at radius 3 is 2.72 bits per heavy atom. The summed E-state index contributed by atoms with van der Waals surface area (Å²) in [6.07, 6.45) is -1.01. The summed E-state index contributed by atoms with van der Waals surface area (Å²) in [7, 11) is 0. The maximum absolute atomic E-state index is 13.2. The van der Waals surface area contributed by atoms with Crippen LogP contribution < -0.4 is 0 Å². The standard InChI is InChI=1S/C14H15FO3/c15-12-8-11(6-7-13(12)16)14(17)18-9-10-4-2-1-3-5-10/h1-5,11-12H,6-9H2/t11-,12+/m1/s1. The average molecular weight is 250 g/mol. The molecule has 0 aliphatic heterocycles. The third kappa shape index (κ3) is 3.15. The second-order valence-corrected chi connectivity index (χ2v) is 4.50. The molecule has 0 N–H and O–H groups in total. The van der Waals surface area contributed by atoms with Crippen LogP contribution in [0.5, 0.6) is 0 Å². The number of Topliss-reactive ketones (excluding diaryl/α,β-unsaturated/α-hetero) is 1. The molecule has 0 bridgehead atoms. The molecule has 96 valence electrons. The van der Waals surface area contributed by atoms with Crippen LogP contribution in [-0.4, -0.2) is 17.9 Å². The molecule has 1 aromatic rings. The Morgan fingerprint density at radius 1 is 1.33 bits per heavy atom. The first-order chi connectivity index (χ1) is 8.66. The van der Waals surface area contributed by atoms with E-state index in [2.05, 4.69) is 0 Å². The summed E-state index contributed by atoms with van der Waals surface area (Å²) in [5.74, 6) is -1.29. The van der Waals surface area contributed by atoms with Crippen LogP contribution in [0.1, 0.15) is 24.8 Å². The Bertz CT molecular complexity index is 430. The van der Waals surface area contributed by atoms with Crippen molar-refractivity contribution >= 4 is 11.8 Å². The van der Waals surface area contributed by atoms with Crippen molar-refractivity contribution in [1.82, 2.24) is 0 Å². The number of hydrogen-bond acceptors (Lipinski definition) is 3. The maximum Gasteiger partial charge on any atom is 0.309 e. The Labute approximate surface area is 105 Å². The number of benzene rings is 1. The number of ether oxygens (including phenoxy) is 1. The van der Waals surface area contributed by atoms with Crippen LogP contribution in [0.15, 0.2) is 30.3 Å². The van der Waals surface area contributed by atoms with E-state index >= 15 is 0 Å². The minimum atomic E-state index is -1.51. The van der Waals surface area contributed by atoms with E-state index in [1.54, 1.807) is 0 Å². The van der Waals surface area contributed by atoms with Crippen molar-refractivity contribution in [2.75, 3.05) is 0 Å². The molecule has 4 heteroatoms. The van der Waals surface area contributed by atoms with Gasteiger partial charge in [0.1, 0.15) is 6.61 Å². The first-order valence-electron chi connectivity index (χ1n) is 6.04. The van der Waals surface area contributed by atoms with Gasteiger partial charge in [0.05, 0.1) is 5.92 Å². The van der Waals surface area contributed by atoms with Crippen LogP contribution in [-0.2, 0) is 20.9 Å². The summed E-state index contributed by atoms with van der Waals surface area (Å²) in [6, 6.07) is 9.32. The van der Waals surface area contributed by atoms with Gasteiger partial charge in [0.25, 0.3) is 0 Å². The molecule has 1 saturated carbocycles. The number of ketones is 1. The van der Waals surface area contributed by atoms with Crippen molar-refractivity contribution in [3.63, 3.8) is 0 Å². The van der Waals surface area contributed by atoms with E-state index in [0.717, 1.165) is 5.56 Å². The topological polar surface area (TPSA) is 43.4 Å². The highest BCUT2D eigenvalue weighted by molar-refractivity contribution is 5.86. The van der Waals surface area contributed by atoms with Crippen LogP contribution in [0.4, 0.5) is 4.39 Å². The van der Waals surface area contributed by atoms with E-state index in [1.807, 2.05) is 30.3 Å². The Hall–Kier alpha value is -1.71. The van der Waals surface area contributed by atoms with Crippen LogP contribution in [0.3, 0.4) is 0 Å². The minimum absolute atomic E-state index is 0.0353. The number of rotatable bonds is 3. The van der Waals surface area contributed by atoms with Gasteiger partial charge in [-0.2, -0.15) is 0 Å². The molecule has 1 aromatic carbocycles. The molecule has 0 spiro atoms. The molecule has 1 aliphatic rings. The number of carbonyl (C=O) groups is 2. The Balaban J connectivity index is 1.83. The number of esters is 1. The van der Waals surface area contributed by atoms with Crippen molar-refractivity contribution in [3.8, 4) is 0 Å². The smallest absolute Gasteiger partial charge is 0.309 e. The van der Waals surface area contributed by atoms with E-state index in [0.29, 0.717) is 6.42 Å². The van der Waals surface area contributed by atoms with Crippen molar-refractivity contribution in [3.05, 3.63) is 35.9 Å². The lowest BCUT2D eigenvalue weighted by Crippen LogP contribution is -2.31. The zero-order valence-electron chi connectivity index (χ0n) is 9.97. The maximum atomic E-state index is 13.2. The van der Waals surface area contributed by atoms with Crippen molar-refractivity contribution < 1.29 is 18.7 Å². The van der Waals surface area contributed by atoms with Crippen LogP contribution in [0.25, 0.3) is 0 Å². The zero-order valence-corrected chi connectivity index (χ0v) is 9.97. The van der Waals surface area contributed by atoms with Gasteiger partial charge < -0.3 is 4.74 Å². The van der Waals surface area contributed by atoms with E-state index < -0.39 is 23.8 Å². The average Bonchev–Trinajstić information content (AvgIpc) is 2.40. The summed E-state index contributed by atoms with van der Waals surface area (Å²) >= 11 is 0. The molecular formula is C14H15FO3. The predicted molar refractivity (Wildman–Crippen MR) is 63.5 cm³/mol. The predicted octanol–water partition coefficient (Wildman–Crippen LogP) is 2.44. The van der Waals surface area contributed by atoms with Gasteiger partial charge in [-0.05, 0) is 18.4 Å². The van der Waals surface area contributed by atoms with Crippen LogP contribution in [0.2, 0.25) is 0 Å². The molecule has 0 unspecified atom stereocenters. The first-order valence-corrected chi connectivity index (χ1v) is 6.04. The van der Waals surface area contributed by atoms with Gasteiger partial charge in [-0.1, -0.05) is 30.3 Å². The molecule has 0 radical (unpaired) electrons. The largest absolute Gasteiger partial charge is 0.461 e. The van der Waals surface area contributed by atoms with Crippen LogP contribution in [0, 0.1) is 5.92 Å². The zero-order chi connectivity index (χ0) is 13.0. The number of carbonyl (C=O) groups excluding carboxylic acids is 2. The quantitative estimate of drug-likeness (QED) is 0.774. The molecule has 0 saturated heterocycles. The second-order valence-electron chi connectivity index (χ2n) is 4.50. The summed E-state index contributed by atoms with van der Waals surface area (Å²) < 4.78 is 18.3. The molecule has 0 heterocycles. The van der Waals surface area contributed by atoms with E-state index in [4.69, 9.17) is 4.74 Å².